The van der Waals surface area contributed by atoms with Gasteiger partial charge in [0.25, 0.3) is 5.91 Å². The minimum atomic E-state index is -0.964. The number of amides is 1. The van der Waals surface area contributed by atoms with Crippen LogP contribution in [0.5, 0.6) is 0 Å². The van der Waals surface area contributed by atoms with Gasteiger partial charge in [-0.2, -0.15) is 0 Å². The van der Waals surface area contributed by atoms with E-state index in [0.29, 0.717) is 13.1 Å². The SMILES string of the molecule is C[C@@H](O)C(=O)N1CCCC(C)(O)C1. The Hall–Kier alpha value is -0.610. The van der Waals surface area contributed by atoms with Gasteiger partial charge < -0.3 is 15.1 Å². The van der Waals surface area contributed by atoms with Crippen LogP contribution in [0.4, 0.5) is 0 Å². The van der Waals surface area contributed by atoms with Crippen LogP contribution < -0.4 is 0 Å². The Morgan fingerprint density at radius 2 is 2.23 bits per heavy atom. The summed E-state index contributed by atoms with van der Waals surface area (Å²) >= 11 is 0. The molecule has 1 saturated heterocycles. The number of likely N-dealkylation sites (tertiary alicyclic amines) is 1. The van der Waals surface area contributed by atoms with Crippen LogP contribution in [-0.4, -0.2) is 45.8 Å². The van der Waals surface area contributed by atoms with Crippen molar-refractivity contribution in [1.29, 1.82) is 0 Å². The third-order valence-electron chi connectivity index (χ3n) is 2.34. The normalized spacial score (nSPS) is 31.5. The number of hydrogen-bond donors (Lipinski definition) is 2. The lowest BCUT2D eigenvalue weighted by molar-refractivity contribution is -0.145. The number of hydrogen-bond acceptors (Lipinski definition) is 3. The smallest absolute Gasteiger partial charge is 0.251 e. The van der Waals surface area contributed by atoms with Crippen molar-refractivity contribution in [3.8, 4) is 0 Å². The fourth-order valence-corrected chi connectivity index (χ4v) is 1.67. The molecule has 0 aliphatic carbocycles. The first-order chi connectivity index (χ1) is 5.92. The van der Waals surface area contributed by atoms with Crippen LogP contribution >= 0.6 is 0 Å². The molecule has 0 aromatic heterocycles. The standard InChI is InChI=1S/C9H17NO3/c1-7(11)8(12)10-5-3-4-9(2,13)6-10/h7,11,13H,3-6H2,1-2H3/t7-,9?/m1/s1. The molecule has 1 rings (SSSR count). The van der Waals surface area contributed by atoms with Crippen molar-refractivity contribution in [1.82, 2.24) is 4.90 Å². The maximum absolute atomic E-state index is 11.4. The fourth-order valence-electron chi connectivity index (χ4n) is 1.67. The van der Waals surface area contributed by atoms with Crippen molar-refractivity contribution in [3.63, 3.8) is 0 Å². The number of carbonyl (C=O) groups is 1. The van der Waals surface area contributed by atoms with Crippen molar-refractivity contribution >= 4 is 5.91 Å². The quantitative estimate of drug-likeness (QED) is 0.594. The lowest BCUT2D eigenvalue weighted by atomic mass is 9.95. The van der Waals surface area contributed by atoms with E-state index in [0.717, 1.165) is 12.8 Å². The van der Waals surface area contributed by atoms with E-state index in [1.165, 1.54) is 11.8 Å². The molecular formula is C9H17NO3. The molecule has 2 atom stereocenters. The molecule has 0 aromatic carbocycles. The molecule has 13 heavy (non-hydrogen) atoms. The van der Waals surface area contributed by atoms with E-state index in [2.05, 4.69) is 0 Å². The van der Waals surface area contributed by atoms with E-state index in [1.807, 2.05) is 0 Å². The summed E-state index contributed by atoms with van der Waals surface area (Å²) in [7, 11) is 0. The number of β-amino-alcohol motifs (C(OH)–C–C–N with tert-alkyl or cyclic N) is 1. The Balaban J connectivity index is 2.57. The summed E-state index contributed by atoms with van der Waals surface area (Å²) in [5, 5.41) is 18.8. The van der Waals surface area contributed by atoms with Crippen LogP contribution in [0.3, 0.4) is 0 Å². The molecule has 4 nitrogen and oxygen atoms in total. The first-order valence-corrected chi connectivity index (χ1v) is 4.62. The van der Waals surface area contributed by atoms with Crippen molar-refractivity contribution in [2.75, 3.05) is 13.1 Å². The number of carbonyl (C=O) groups excluding carboxylic acids is 1. The lowest BCUT2D eigenvalue weighted by Gasteiger charge is -2.37. The highest BCUT2D eigenvalue weighted by Crippen LogP contribution is 2.20. The average Bonchev–Trinajstić information content (AvgIpc) is 2.01. The Kier molecular flexibility index (Phi) is 2.93. The minimum absolute atomic E-state index is 0.292. The van der Waals surface area contributed by atoms with E-state index in [-0.39, 0.29) is 5.91 Å². The molecular weight excluding hydrogens is 170 g/mol. The highest BCUT2D eigenvalue weighted by molar-refractivity contribution is 5.80. The fraction of sp³-hybridized carbons (Fsp3) is 0.889. The van der Waals surface area contributed by atoms with Crippen molar-refractivity contribution < 1.29 is 15.0 Å². The van der Waals surface area contributed by atoms with Gasteiger partial charge in [-0.1, -0.05) is 0 Å². The van der Waals surface area contributed by atoms with Crippen LogP contribution in [0.2, 0.25) is 0 Å². The first-order valence-electron chi connectivity index (χ1n) is 4.62. The zero-order chi connectivity index (χ0) is 10.1. The van der Waals surface area contributed by atoms with Crippen molar-refractivity contribution in [2.45, 2.75) is 38.4 Å². The van der Waals surface area contributed by atoms with Gasteiger partial charge in [0.1, 0.15) is 6.10 Å². The van der Waals surface area contributed by atoms with Gasteiger partial charge in [0.15, 0.2) is 0 Å². The van der Waals surface area contributed by atoms with Gasteiger partial charge >= 0.3 is 0 Å². The highest BCUT2D eigenvalue weighted by atomic mass is 16.3. The molecule has 0 bridgehead atoms. The number of aliphatic hydroxyl groups excluding tert-OH is 1. The average molecular weight is 187 g/mol. The Morgan fingerprint density at radius 1 is 1.62 bits per heavy atom. The third kappa shape index (κ3) is 2.67. The summed E-state index contributed by atoms with van der Waals surface area (Å²) in [5.74, 6) is -0.292. The number of rotatable bonds is 1. The molecule has 0 radical (unpaired) electrons. The zero-order valence-corrected chi connectivity index (χ0v) is 8.16. The van der Waals surface area contributed by atoms with Gasteiger partial charge in [0, 0.05) is 13.1 Å². The van der Waals surface area contributed by atoms with E-state index < -0.39 is 11.7 Å². The summed E-state index contributed by atoms with van der Waals surface area (Å²) in [5.41, 5.74) is -0.789. The molecule has 4 heteroatoms. The van der Waals surface area contributed by atoms with Crippen LogP contribution in [0, 0.1) is 0 Å². The summed E-state index contributed by atoms with van der Waals surface area (Å²) < 4.78 is 0. The molecule has 2 N–H and O–H groups in total. The molecule has 0 aromatic rings. The predicted octanol–water partition coefficient (Wildman–Crippen LogP) is -0.259. The zero-order valence-electron chi connectivity index (χ0n) is 8.16. The van der Waals surface area contributed by atoms with Gasteiger partial charge in [-0.05, 0) is 26.7 Å². The molecule has 1 amide bonds. The monoisotopic (exact) mass is 187 g/mol. The van der Waals surface area contributed by atoms with Gasteiger partial charge in [-0.25, -0.2) is 0 Å². The number of nitrogens with zero attached hydrogens (tertiary/aromatic N) is 1. The van der Waals surface area contributed by atoms with E-state index in [1.54, 1.807) is 6.92 Å². The van der Waals surface area contributed by atoms with Crippen molar-refractivity contribution in [3.05, 3.63) is 0 Å². The lowest BCUT2D eigenvalue weighted by Crippen LogP contribution is -2.50. The van der Waals surface area contributed by atoms with Crippen LogP contribution in [-0.2, 0) is 4.79 Å². The Labute approximate surface area is 78.2 Å². The number of piperidine rings is 1. The summed E-state index contributed by atoms with van der Waals surface area (Å²) in [6.45, 7) is 4.14. The van der Waals surface area contributed by atoms with E-state index >= 15 is 0 Å². The van der Waals surface area contributed by atoms with Gasteiger partial charge in [0.05, 0.1) is 5.60 Å². The van der Waals surface area contributed by atoms with E-state index in [9.17, 15) is 9.90 Å². The second-order valence-electron chi connectivity index (χ2n) is 4.04. The summed E-state index contributed by atoms with van der Waals surface area (Å²) in [6, 6.07) is 0. The third-order valence-corrected chi connectivity index (χ3v) is 2.34. The Bertz CT molecular complexity index is 201. The van der Waals surface area contributed by atoms with Gasteiger partial charge in [-0.3, -0.25) is 4.79 Å². The molecule has 1 aliphatic rings. The molecule has 0 saturated carbocycles. The maximum atomic E-state index is 11.4. The number of aliphatic hydroxyl groups is 2. The minimum Gasteiger partial charge on any atom is -0.388 e. The second-order valence-corrected chi connectivity index (χ2v) is 4.04. The highest BCUT2D eigenvalue weighted by Gasteiger charge is 2.31. The largest absolute Gasteiger partial charge is 0.388 e. The van der Waals surface area contributed by atoms with Crippen LogP contribution in [0.1, 0.15) is 26.7 Å². The molecule has 1 fully saturated rings. The molecule has 1 heterocycles. The van der Waals surface area contributed by atoms with Gasteiger partial charge in [0.2, 0.25) is 0 Å². The maximum Gasteiger partial charge on any atom is 0.251 e. The molecule has 1 aliphatic heterocycles. The van der Waals surface area contributed by atoms with Crippen molar-refractivity contribution in [2.24, 2.45) is 0 Å². The first kappa shape index (κ1) is 10.5. The molecule has 76 valence electrons. The van der Waals surface area contributed by atoms with Gasteiger partial charge in [-0.15, -0.1) is 0 Å². The van der Waals surface area contributed by atoms with Crippen LogP contribution in [0.15, 0.2) is 0 Å². The van der Waals surface area contributed by atoms with Crippen LogP contribution in [0.25, 0.3) is 0 Å². The second kappa shape index (κ2) is 3.64. The summed E-state index contributed by atoms with van der Waals surface area (Å²) in [6.07, 6.45) is 0.552. The molecule has 1 unspecified atom stereocenters. The topological polar surface area (TPSA) is 60.8 Å². The summed E-state index contributed by atoms with van der Waals surface area (Å²) in [4.78, 5) is 12.9. The predicted molar refractivity (Wildman–Crippen MR) is 48.1 cm³/mol. The van der Waals surface area contributed by atoms with E-state index in [4.69, 9.17) is 5.11 Å². The molecule has 0 spiro atoms. The Morgan fingerprint density at radius 3 is 2.69 bits per heavy atom.